The first kappa shape index (κ1) is 27.0. The molecular formula is C44H28N2O. The highest BCUT2D eigenvalue weighted by atomic mass is 16.3. The van der Waals surface area contributed by atoms with Gasteiger partial charge in [0.25, 0.3) is 0 Å². The van der Waals surface area contributed by atoms with Gasteiger partial charge in [0.1, 0.15) is 11.2 Å². The van der Waals surface area contributed by atoms with Crippen LogP contribution in [-0.4, -0.2) is 9.97 Å². The average Bonchev–Trinajstić information content (AvgIpc) is 3.54. The Bertz CT molecular complexity index is 2500. The van der Waals surface area contributed by atoms with Crippen LogP contribution in [-0.2, 0) is 0 Å². The molecular weight excluding hydrogens is 572 g/mol. The van der Waals surface area contributed by atoms with E-state index in [1.807, 2.05) is 48.5 Å². The van der Waals surface area contributed by atoms with Crippen molar-refractivity contribution in [2.45, 2.75) is 0 Å². The molecule has 0 saturated carbocycles. The van der Waals surface area contributed by atoms with E-state index in [9.17, 15) is 0 Å². The second kappa shape index (κ2) is 11.2. The minimum Gasteiger partial charge on any atom is -0.456 e. The third-order valence-corrected chi connectivity index (χ3v) is 8.86. The summed E-state index contributed by atoms with van der Waals surface area (Å²) in [4.78, 5) is 10.2. The molecule has 47 heavy (non-hydrogen) atoms. The topological polar surface area (TPSA) is 38.9 Å². The van der Waals surface area contributed by atoms with Crippen LogP contribution < -0.4 is 0 Å². The van der Waals surface area contributed by atoms with Gasteiger partial charge in [0.2, 0.25) is 0 Å². The third kappa shape index (κ3) is 4.86. The molecule has 220 valence electrons. The second-order valence-electron chi connectivity index (χ2n) is 11.8. The molecule has 7 aromatic carbocycles. The quantitative estimate of drug-likeness (QED) is 0.197. The van der Waals surface area contributed by atoms with Crippen molar-refractivity contribution in [1.82, 2.24) is 9.97 Å². The van der Waals surface area contributed by atoms with E-state index in [0.29, 0.717) is 5.82 Å². The lowest BCUT2D eigenvalue weighted by atomic mass is 9.91. The number of furan rings is 1. The highest BCUT2D eigenvalue weighted by Gasteiger charge is 2.17. The number of hydrogen-bond donors (Lipinski definition) is 0. The minimum absolute atomic E-state index is 0.697. The molecule has 3 nitrogen and oxygen atoms in total. The highest BCUT2D eigenvalue weighted by molar-refractivity contribution is 6.22. The van der Waals surface area contributed by atoms with Crippen LogP contribution in [0, 0.1) is 0 Å². The van der Waals surface area contributed by atoms with Gasteiger partial charge < -0.3 is 4.42 Å². The summed E-state index contributed by atoms with van der Waals surface area (Å²) in [5.74, 6) is 0.697. The Morgan fingerprint density at radius 2 is 0.872 bits per heavy atom. The van der Waals surface area contributed by atoms with E-state index in [1.54, 1.807) is 0 Å². The summed E-state index contributed by atoms with van der Waals surface area (Å²) < 4.78 is 6.46. The molecule has 0 amide bonds. The van der Waals surface area contributed by atoms with Gasteiger partial charge in [-0.05, 0) is 69.4 Å². The molecule has 0 unspecified atom stereocenters. The lowest BCUT2D eigenvalue weighted by Crippen LogP contribution is -1.96. The number of nitrogens with zero attached hydrogens (tertiary/aromatic N) is 2. The van der Waals surface area contributed by atoms with Crippen molar-refractivity contribution >= 4 is 32.7 Å². The smallest absolute Gasteiger partial charge is 0.160 e. The van der Waals surface area contributed by atoms with E-state index >= 15 is 0 Å². The molecule has 0 aliphatic carbocycles. The summed E-state index contributed by atoms with van der Waals surface area (Å²) in [7, 11) is 0. The SMILES string of the molecule is c1ccc(-c2cc(-c3cc(-c4ccccc4)nc(-c4ccccc4)n3)cc(-c3cc4oc5ccccc5c4c4ccccc34)c2)cc1. The Morgan fingerprint density at radius 3 is 1.60 bits per heavy atom. The molecule has 3 heteroatoms. The van der Waals surface area contributed by atoms with Gasteiger partial charge in [-0.15, -0.1) is 0 Å². The lowest BCUT2D eigenvalue weighted by molar-refractivity contribution is 0.669. The number of para-hydroxylation sites is 1. The largest absolute Gasteiger partial charge is 0.456 e. The second-order valence-corrected chi connectivity index (χ2v) is 11.8. The highest BCUT2D eigenvalue weighted by Crippen LogP contribution is 2.42. The molecule has 0 saturated heterocycles. The first-order valence-corrected chi connectivity index (χ1v) is 15.8. The predicted molar refractivity (Wildman–Crippen MR) is 194 cm³/mol. The molecule has 0 bridgehead atoms. The molecule has 0 aliphatic rings. The Kier molecular flexibility index (Phi) is 6.46. The van der Waals surface area contributed by atoms with E-state index < -0.39 is 0 Å². The van der Waals surface area contributed by atoms with Crippen LogP contribution in [0.4, 0.5) is 0 Å². The van der Waals surface area contributed by atoms with Crippen molar-refractivity contribution in [2.24, 2.45) is 0 Å². The molecule has 0 N–H and O–H groups in total. The van der Waals surface area contributed by atoms with Gasteiger partial charge in [-0.3, -0.25) is 0 Å². The van der Waals surface area contributed by atoms with Gasteiger partial charge in [0.15, 0.2) is 5.82 Å². The summed E-state index contributed by atoms with van der Waals surface area (Å²) in [6, 6.07) is 59.1. The van der Waals surface area contributed by atoms with Crippen molar-refractivity contribution in [3.63, 3.8) is 0 Å². The maximum Gasteiger partial charge on any atom is 0.160 e. The van der Waals surface area contributed by atoms with Gasteiger partial charge in [-0.2, -0.15) is 0 Å². The fraction of sp³-hybridized carbons (Fsp3) is 0. The molecule has 0 spiro atoms. The molecule has 0 aliphatic heterocycles. The van der Waals surface area contributed by atoms with Gasteiger partial charge >= 0.3 is 0 Å². The van der Waals surface area contributed by atoms with E-state index in [1.165, 1.54) is 10.8 Å². The third-order valence-electron chi connectivity index (χ3n) is 8.86. The van der Waals surface area contributed by atoms with Gasteiger partial charge in [-0.1, -0.05) is 133 Å². The van der Waals surface area contributed by atoms with E-state index in [4.69, 9.17) is 14.4 Å². The van der Waals surface area contributed by atoms with Gasteiger partial charge in [0, 0.05) is 27.5 Å². The summed E-state index contributed by atoms with van der Waals surface area (Å²) in [5, 5.41) is 4.64. The van der Waals surface area contributed by atoms with Crippen LogP contribution in [0.2, 0.25) is 0 Å². The summed E-state index contributed by atoms with van der Waals surface area (Å²) in [6.45, 7) is 0. The zero-order valence-corrected chi connectivity index (χ0v) is 25.5. The zero-order valence-electron chi connectivity index (χ0n) is 25.5. The van der Waals surface area contributed by atoms with Crippen LogP contribution >= 0.6 is 0 Å². The Balaban J connectivity index is 1.32. The summed E-state index contributed by atoms with van der Waals surface area (Å²) in [6.07, 6.45) is 0. The molecule has 0 radical (unpaired) electrons. The molecule has 9 aromatic rings. The Labute approximate surface area is 272 Å². The Morgan fingerprint density at radius 1 is 0.340 bits per heavy atom. The minimum atomic E-state index is 0.697. The fourth-order valence-corrected chi connectivity index (χ4v) is 6.62. The standard InChI is InChI=1S/C44H28N2O/c1-4-14-29(15-5-1)32-24-33(38-27-42-43(36-21-11-10-20-35(36)38)37-22-12-13-23-41(37)47-42)26-34(25-32)40-28-39(30-16-6-2-7-17-30)45-44(46-40)31-18-8-3-9-19-31/h1-28H. The summed E-state index contributed by atoms with van der Waals surface area (Å²) >= 11 is 0. The van der Waals surface area contributed by atoms with Crippen LogP contribution in [0.15, 0.2) is 174 Å². The predicted octanol–water partition coefficient (Wildman–Crippen LogP) is 11.9. The van der Waals surface area contributed by atoms with Crippen molar-refractivity contribution in [1.29, 1.82) is 0 Å². The van der Waals surface area contributed by atoms with Gasteiger partial charge in [0.05, 0.1) is 11.4 Å². The molecule has 0 atom stereocenters. The monoisotopic (exact) mass is 600 g/mol. The fourth-order valence-electron chi connectivity index (χ4n) is 6.62. The van der Waals surface area contributed by atoms with E-state index in [-0.39, 0.29) is 0 Å². The average molecular weight is 601 g/mol. The Hall–Kier alpha value is -6.32. The molecule has 0 fully saturated rings. The van der Waals surface area contributed by atoms with Crippen molar-refractivity contribution in [3.8, 4) is 56.2 Å². The van der Waals surface area contributed by atoms with Crippen LogP contribution in [0.5, 0.6) is 0 Å². The van der Waals surface area contributed by atoms with E-state index in [0.717, 1.165) is 72.3 Å². The molecule has 2 heterocycles. The van der Waals surface area contributed by atoms with Gasteiger partial charge in [-0.25, -0.2) is 9.97 Å². The maximum atomic E-state index is 6.46. The first-order chi connectivity index (χ1) is 23.3. The number of fused-ring (bicyclic) bond motifs is 5. The van der Waals surface area contributed by atoms with Crippen molar-refractivity contribution < 1.29 is 4.42 Å². The molecule has 2 aromatic heterocycles. The number of aromatic nitrogens is 2. The molecule has 9 rings (SSSR count). The lowest BCUT2D eigenvalue weighted by Gasteiger charge is -2.14. The van der Waals surface area contributed by atoms with Crippen LogP contribution in [0.3, 0.4) is 0 Å². The van der Waals surface area contributed by atoms with E-state index in [2.05, 4.69) is 121 Å². The maximum absolute atomic E-state index is 6.46. The summed E-state index contributed by atoms with van der Waals surface area (Å²) in [5.41, 5.74) is 11.1. The van der Waals surface area contributed by atoms with Crippen molar-refractivity contribution in [3.05, 3.63) is 170 Å². The zero-order chi connectivity index (χ0) is 31.2. The number of benzene rings is 7. The van der Waals surface area contributed by atoms with Crippen molar-refractivity contribution in [2.75, 3.05) is 0 Å². The van der Waals surface area contributed by atoms with Crippen LogP contribution in [0.1, 0.15) is 0 Å². The normalized spacial score (nSPS) is 11.4. The van der Waals surface area contributed by atoms with Crippen LogP contribution in [0.25, 0.3) is 88.9 Å². The number of hydrogen-bond acceptors (Lipinski definition) is 3. The first-order valence-electron chi connectivity index (χ1n) is 15.8. The number of rotatable bonds is 5.